The summed E-state index contributed by atoms with van der Waals surface area (Å²) in [7, 11) is 0. The lowest BCUT2D eigenvalue weighted by molar-refractivity contribution is -0.134. The minimum absolute atomic E-state index is 0.00681. The van der Waals surface area contributed by atoms with Gasteiger partial charge in [-0.3, -0.25) is 19.3 Å². The first-order chi connectivity index (χ1) is 26.7. The summed E-state index contributed by atoms with van der Waals surface area (Å²) in [6.45, 7) is 9.75. The Labute approximate surface area is 334 Å². The van der Waals surface area contributed by atoms with E-state index in [2.05, 4.69) is 101 Å². The van der Waals surface area contributed by atoms with Crippen LogP contribution >= 0.6 is 11.6 Å². The molecule has 1 fully saturated rings. The molecule has 1 atom stereocenters. The number of amides is 2. The first kappa shape index (κ1) is 44.9. The second kappa shape index (κ2) is 26.3. The van der Waals surface area contributed by atoms with Crippen LogP contribution in [0.2, 0.25) is 5.02 Å². The summed E-state index contributed by atoms with van der Waals surface area (Å²) in [4.78, 5) is 41.2. The largest absolute Gasteiger partial charge is 0.478 e. The van der Waals surface area contributed by atoms with Crippen molar-refractivity contribution in [3.63, 3.8) is 0 Å². The number of nitrogens with zero attached hydrogens (tertiary/aromatic N) is 1. The van der Waals surface area contributed by atoms with Gasteiger partial charge in [-0.25, -0.2) is 0 Å². The van der Waals surface area contributed by atoms with Crippen molar-refractivity contribution in [2.45, 2.75) is 83.8 Å². The summed E-state index contributed by atoms with van der Waals surface area (Å²) in [6, 6.07) is 13.4. The topological polar surface area (TPSA) is 99.8 Å². The summed E-state index contributed by atoms with van der Waals surface area (Å²) in [5.74, 6) is 0.0798. The number of nitrogens with one attached hydrogen (secondary N) is 3. The number of hydrogen-bond acceptors (Lipinski definition) is 6. The Bertz CT molecular complexity index is 1620. The standard InChI is InChI=1S/C46H61ClN4O4/c1-4-5-6-7-8-9-10-11-12-13-14-15-16-17-18-19-20-21-22-23-43(52)49-36-41(51-34-32-48-33-35-51)37-50-45(54)46(2,3)55-42-30-26-39(27-31-42)44(53)38-24-28-40(47)29-25-38/h5-6,8-9,11-12,14-15,17-18,20-21,24-31,41,48H,4,7,10,13,16,19,22-23,32-37H2,1-3H3,(H,49,52)(H,50,54). The maximum atomic E-state index is 13.3. The Balaban J connectivity index is 1.35. The maximum absolute atomic E-state index is 13.3. The van der Waals surface area contributed by atoms with E-state index in [1.54, 1.807) is 62.4 Å². The van der Waals surface area contributed by atoms with Crippen LogP contribution in [0.25, 0.3) is 0 Å². The molecule has 1 aliphatic rings. The molecule has 0 spiro atoms. The monoisotopic (exact) mass is 768 g/mol. The molecular weight excluding hydrogens is 708 g/mol. The molecule has 55 heavy (non-hydrogen) atoms. The molecule has 1 heterocycles. The quantitative estimate of drug-likeness (QED) is 0.0730. The van der Waals surface area contributed by atoms with Crippen LogP contribution in [0.1, 0.15) is 88.1 Å². The van der Waals surface area contributed by atoms with Crippen molar-refractivity contribution in [1.29, 1.82) is 0 Å². The van der Waals surface area contributed by atoms with Crippen molar-refractivity contribution >= 4 is 29.2 Å². The first-order valence-corrected chi connectivity index (χ1v) is 20.1. The number of halogens is 1. The molecule has 2 aromatic rings. The minimum atomic E-state index is -1.17. The van der Waals surface area contributed by atoms with Crippen LogP contribution in [0, 0.1) is 0 Å². The molecule has 9 heteroatoms. The summed E-state index contributed by atoms with van der Waals surface area (Å²) in [6.07, 6.45) is 32.9. The van der Waals surface area contributed by atoms with Gasteiger partial charge in [0, 0.05) is 67.9 Å². The van der Waals surface area contributed by atoms with E-state index < -0.39 is 5.60 Å². The zero-order valence-electron chi connectivity index (χ0n) is 33.0. The number of carbonyl (C=O) groups is 3. The summed E-state index contributed by atoms with van der Waals surface area (Å²) in [5.41, 5.74) is -0.120. The second-order valence-corrected chi connectivity index (χ2v) is 14.3. The van der Waals surface area contributed by atoms with E-state index in [0.717, 1.165) is 64.7 Å². The van der Waals surface area contributed by atoms with Crippen molar-refractivity contribution in [3.05, 3.63) is 138 Å². The van der Waals surface area contributed by atoms with Gasteiger partial charge in [-0.2, -0.15) is 0 Å². The van der Waals surface area contributed by atoms with Crippen LogP contribution in [0.4, 0.5) is 0 Å². The molecule has 2 aromatic carbocycles. The van der Waals surface area contributed by atoms with Gasteiger partial charge >= 0.3 is 0 Å². The van der Waals surface area contributed by atoms with Crippen LogP contribution in [0.5, 0.6) is 5.75 Å². The minimum Gasteiger partial charge on any atom is -0.478 e. The van der Waals surface area contributed by atoms with E-state index >= 15 is 0 Å². The molecule has 1 aliphatic heterocycles. The lowest BCUT2D eigenvalue weighted by Gasteiger charge is -2.36. The second-order valence-electron chi connectivity index (χ2n) is 13.9. The highest BCUT2D eigenvalue weighted by Gasteiger charge is 2.31. The summed E-state index contributed by atoms with van der Waals surface area (Å²) >= 11 is 5.95. The SMILES string of the molecule is CCC=CCC=CCC=CCC=CCC=CCC=CCCC(=O)NCC(CNC(=O)C(C)(C)Oc1ccc(C(=O)c2ccc(Cl)cc2)cc1)N1CCNCC1. The van der Waals surface area contributed by atoms with E-state index in [0.29, 0.717) is 47.8 Å². The van der Waals surface area contributed by atoms with Crippen molar-refractivity contribution in [2.24, 2.45) is 0 Å². The van der Waals surface area contributed by atoms with Crippen LogP contribution in [0.15, 0.2) is 121 Å². The zero-order chi connectivity index (χ0) is 39.6. The van der Waals surface area contributed by atoms with Gasteiger partial charge in [0.15, 0.2) is 11.4 Å². The fraction of sp³-hybridized carbons (Fsp3) is 0.413. The molecule has 3 rings (SSSR count). The fourth-order valence-corrected chi connectivity index (χ4v) is 5.88. The lowest BCUT2D eigenvalue weighted by Crippen LogP contribution is -2.57. The van der Waals surface area contributed by atoms with E-state index in [1.165, 1.54) is 0 Å². The van der Waals surface area contributed by atoms with Crippen LogP contribution in [-0.4, -0.2) is 73.4 Å². The lowest BCUT2D eigenvalue weighted by atomic mass is 10.0. The zero-order valence-corrected chi connectivity index (χ0v) is 33.7. The summed E-state index contributed by atoms with van der Waals surface area (Å²) in [5, 5.41) is 10.1. The predicted octanol–water partition coefficient (Wildman–Crippen LogP) is 8.71. The normalized spacial score (nSPS) is 14.9. The number of benzene rings is 2. The van der Waals surface area contributed by atoms with Crippen molar-refractivity contribution < 1.29 is 19.1 Å². The van der Waals surface area contributed by atoms with Gasteiger partial charge < -0.3 is 20.7 Å². The Kier molecular flexibility index (Phi) is 21.5. The van der Waals surface area contributed by atoms with Gasteiger partial charge in [0.2, 0.25) is 5.91 Å². The van der Waals surface area contributed by atoms with Gasteiger partial charge in [0.05, 0.1) is 0 Å². The van der Waals surface area contributed by atoms with Gasteiger partial charge in [-0.1, -0.05) is 91.4 Å². The number of hydrogen-bond donors (Lipinski definition) is 3. The Morgan fingerprint density at radius 2 is 1.20 bits per heavy atom. The Hall–Kier alpha value is -4.50. The summed E-state index contributed by atoms with van der Waals surface area (Å²) < 4.78 is 6.07. The number of ketones is 1. The van der Waals surface area contributed by atoms with E-state index in [9.17, 15) is 14.4 Å². The number of carbonyl (C=O) groups excluding carboxylic acids is 3. The van der Waals surface area contributed by atoms with E-state index in [-0.39, 0.29) is 23.6 Å². The average molecular weight is 769 g/mol. The molecule has 0 bridgehead atoms. The highest BCUT2D eigenvalue weighted by Crippen LogP contribution is 2.21. The molecular formula is C46H61ClN4O4. The van der Waals surface area contributed by atoms with Gasteiger partial charge in [0.1, 0.15) is 5.75 Å². The van der Waals surface area contributed by atoms with Crippen molar-refractivity contribution in [1.82, 2.24) is 20.9 Å². The molecule has 0 aliphatic carbocycles. The Morgan fingerprint density at radius 1 is 0.727 bits per heavy atom. The molecule has 0 saturated carbocycles. The third kappa shape index (κ3) is 18.6. The first-order valence-electron chi connectivity index (χ1n) is 19.7. The van der Waals surface area contributed by atoms with Crippen molar-refractivity contribution in [2.75, 3.05) is 39.3 Å². The third-order valence-electron chi connectivity index (χ3n) is 8.98. The van der Waals surface area contributed by atoms with Crippen LogP contribution in [0.3, 0.4) is 0 Å². The van der Waals surface area contributed by atoms with Crippen molar-refractivity contribution in [3.8, 4) is 5.75 Å². The highest BCUT2D eigenvalue weighted by molar-refractivity contribution is 6.30. The third-order valence-corrected chi connectivity index (χ3v) is 9.23. The molecule has 2 amide bonds. The van der Waals surface area contributed by atoms with E-state index in [4.69, 9.17) is 16.3 Å². The molecule has 0 radical (unpaired) electrons. The smallest absolute Gasteiger partial charge is 0.263 e. The maximum Gasteiger partial charge on any atom is 0.263 e. The van der Waals surface area contributed by atoms with Gasteiger partial charge in [-0.05, 0) is 107 Å². The number of piperazine rings is 1. The van der Waals surface area contributed by atoms with Crippen LogP contribution in [-0.2, 0) is 9.59 Å². The average Bonchev–Trinajstić information content (AvgIpc) is 3.19. The molecule has 1 unspecified atom stereocenters. The van der Waals surface area contributed by atoms with E-state index in [1.807, 2.05) is 0 Å². The fourth-order valence-electron chi connectivity index (χ4n) is 5.76. The molecule has 0 aromatic heterocycles. The molecule has 3 N–H and O–H groups in total. The molecule has 8 nitrogen and oxygen atoms in total. The molecule has 296 valence electrons. The van der Waals surface area contributed by atoms with Crippen LogP contribution < -0.4 is 20.7 Å². The predicted molar refractivity (Wildman–Crippen MR) is 228 cm³/mol. The molecule has 1 saturated heterocycles. The van der Waals surface area contributed by atoms with Gasteiger partial charge in [0.25, 0.3) is 5.91 Å². The number of rotatable bonds is 24. The van der Waals surface area contributed by atoms with Gasteiger partial charge in [-0.15, -0.1) is 0 Å². The number of allylic oxidation sites excluding steroid dienone is 12. The number of ether oxygens (including phenoxy) is 1. The Morgan fingerprint density at radius 3 is 1.73 bits per heavy atom. The highest BCUT2D eigenvalue weighted by atomic mass is 35.5.